The van der Waals surface area contributed by atoms with Crippen LogP contribution in [-0.2, 0) is 0 Å². The van der Waals surface area contributed by atoms with E-state index >= 15 is 0 Å². The first-order valence-electron chi connectivity index (χ1n) is 7.26. The number of thioether (sulfide) groups is 1. The van der Waals surface area contributed by atoms with E-state index in [9.17, 15) is 13.6 Å². The van der Waals surface area contributed by atoms with E-state index in [1.165, 1.54) is 6.07 Å². The van der Waals surface area contributed by atoms with Gasteiger partial charge in [-0.05, 0) is 24.3 Å². The lowest BCUT2D eigenvalue weighted by Gasteiger charge is -2.07. The maximum atomic E-state index is 13.7. The quantitative estimate of drug-likeness (QED) is 0.637. The second-order valence-electron chi connectivity index (χ2n) is 5.40. The molecule has 0 bridgehead atoms. The van der Waals surface area contributed by atoms with E-state index in [4.69, 9.17) is 0 Å². The lowest BCUT2D eigenvalue weighted by Crippen LogP contribution is -2.11. The third-order valence-corrected chi connectivity index (χ3v) is 5.02. The molecule has 124 valence electrons. The number of thiazole rings is 1. The third-order valence-electron chi connectivity index (χ3n) is 3.10. The molecule has 3 rings (SSSR count). The van der Waals surface area contributed by atoms with Gasteiger partial charge in [0.05, 0.1) is 4.70 Å². The number of benzene rings is 2. The molecule has 0 saturated heterocycles. The molecule has 2 aromatic carbocycles. The molecule has 0 radical (unpaired) electrons. The van der Waals surface area contributed by atoms with Gasteiger partial charge in [-0.3, -0.25) is 10.1 Å². The first-order valence-corrected chi connectivity index (χ1v) is 8.95. The summed E-state index contributed by atoms with van der Waals surface area (Å²) in [5.74, 6) is -1.74. The lowest BCUT2D eigenvalue weighted by molar-refractivity contribution is 0.102. The maximum Gasteiger partial charge on any atom is 0.257 e. The molecule has 0 atom stereocenters. The van der Waals surface area contributed by atoms with Crippen molar-refractivity contribution in [2.75, 3.05) is 5.32 Å². The van der Waals surface area contributed by atoms with Gasteiger partial charge in [0.15, 0.2) is 10.9 Å². The van der Waals surface area contributed by atoms with Gasteiger partial charge in [0.2, 0.25) is 0 Å². The normalized spacial score (nSPS) is 11.2. The summed E-state index contributed by atoms with van der Waals surface area (Å²) in [4.78, 5) is 17.4. The van der Waals surface area contributed by atoms with E-state index in [0.717, 1.165) is 22.3 Å². The summed E-state index contributed by atoms with van der Waals surface area (Å²) in [7, 11) is 0. The van der Waals surface area contributed by atoms with E-state index in [0.29, 0.717) is 15.5 Å². The number of carbonyl (C=O) groups is 1. The minimum Gasteiger partial charge on any atom is -0.298 e. The number of halogens is 2. The molecule has 0 spiro atoms. The topological polar surface area (TPSA) is 42.0 Å². The fourth-order valence-corrected chi connectivity index (χ4v) is 3.96. The molecule has 0 saturated carbocycles. The summed E-state index contributed by atoms with van der Waals surface area (Å²) in [5.41, 5.74) is 0.548. The molecular weight excluding hydrogens is 350 g/mol. The third kappa shape index (κ3) is 3.73. The van der Waals surface area contributed by atoms with Gasteiger partial charge in [0, 0.05) is 21.8 Å². The van der Waals surface area contributed by atoms with Crippen LogP contribution in [0.15, 0.2) is 41.3 Å². The van der Waals surface area contributed by atoms with Gasteiger partial charge in [0.1, 0.15) is 11.3 Å². The van der Waals surface area contributed by atoms with Crippen LogP contribution in [0.1, 0.15) is 24.2 Å². The number of fused-ring (bicyclic) bond motifs is 1. The summed E-state index contributed by atoms with van der Waals surface area (Å²) < 4.78 is 27.3. The molecule has 1 N–H and O–H groups in total. The van der Waals surface area contributed by atoms with Crippen LogP contribution in [0.5, 0.6) is 0 Å². The van der Waals surface area contributed by atoms with Gasteiger partial charge in [-0.2, -0.15) is 0 Å². The number of aromatic nitrogens is 1. The minimum absolute atomic E-state index is 0.0563. The van der Waals surface area contributed by atoms with Gasteiger partial charge in [-0.25, -0.2) is 13.8 Å². The van der Waals surface area contributed by atoms with Crippen molar-refractivity contribution in [3.8, 4) is 0 Å². The average Bonchev–Trinajstić information content (AvgIpc) is 2.89. The maximum absolute atomic E-state index is 13.7. The molecule has 0 unspecified atom stereocenters. The zero-order valence-corrected chi connectivity index (χ0v) is 14.6. The standard InChI is InChI=1S/C17H14F2N2OS2/c1-9(2)23-12-5-3-4-10(6-12)16(22)21-17-20-15-13(19)7-11(18)8-14(15)24-17/h3-9H,1-2H3,(H,20,21,22). The van der Waals surface area contributed by atoms with E-state index in [-0.39, 0.29) is 16.6 Å². The zero-order chi connectivity index (χ0) is 17.3. The fourth-order valence-electron chi connectivity index (χ4n) is 2.16. The predicted octanol–water partition coefficient (Wildman–Crippen LogP) is 5.33. The van der Waals surface area contributed by atoms with Gasteiger partial charge in [0.25, 0.3) is 5.91 Å². The van der Waals surface area contributed by atoms with Crippen LogP contribution in [-0.4, -0.2) is 16.1 Å². The van der Waals surface area contributed by atoms with Crippen LogP contribution in [0.4, 0.5) is 13.9 Å². The first kappa shape index (κ1) is 16.9. The number of hydrogen-bond donors (Lipinski definition) is 1. The van der Waals surface area contributed by atoms with Crippen molar-refractivity contribution in [1.82, 2.24) is 4.98 Å². The van der Waals surface area contributed by atoms with Crippen LogP contribution in [0, 0.1) is 11.6 Å². The molecule has 3 nitrogen and oxygen atoms in total. The number of hydrogen-bond acceptors (Lipinski definition) is 4. The van der Waals surface area contributed by atoms with Crippen LogP contribution < -0.4 is 5.32 Å². The number of nitrogens with zero attached hydrogens (tertiary/aromatic N) is 1. The Labute approximate surface area is 146 Å². The highest BCUT2D eigenvalue weighted by Gasteiger charge is 2.14. The molecule has 0 aliphatic heterocycles. The van der Waals surface area contributed by atoms with E-state index in [1.54, 1.807) is 23.9 Å². The van der Waals surface area contributed by atoms with E-state index in [1.807, 2.05) is 12.1 Å². The lowest BCUT2D eigenvalue weighted by atomic mass is 10.2. The van der Waals surface area contributed by atoms with Crippen LogP contribution in [0.2, 0.25) is 0 Å². The van der Waals surface area contributed by atoms with Gasteiger partial charge >= 0.3 is 0 Å². The minimum atomic E-state index is -0.739. The van der Waals surface area contributed by atoms with Crippen molar-refractivity contribution < 1.29 is 13.6 Å². The summed E-state index contributed by atoms with van der Waals surface area (Å²) in [6.07, 6.45) is 0. The molecule has 0 aliphatic rings. The average molecular weight is 364 g/mol. The summed E-state index contributed by atoms with van der Waals surface area (Å²) in [6.45, 7) is 4.15. The summed E-state index contributed by atoms with van der Waals surface area (Å²) in [5, 5.41) is 3.29. The number of amides is 1. The SMILES string of the molecule is CC(C)Sc1cccc(C(=O)Nc2nc3c(F)cc(F)cc3s2)c1. The Kier molecular flexibility index (Phi) is 4.82. The Balaban J connectivity index is 1.83. The second kappa shape index (κ2) is 6.86. The Hall–Kier alpha value is -1.99. The Morgan fingerprint density at radius 1 is 1.25 bits per heavy atom. The molecule has 0 aliphatic carbocycles. The molecule has 1 amide bonds. The van der Waals surface area contributed by atoms with E-state index < -0.39 is 11.6 Å². The molecule has 0 fully saturated rings. The Morgan fingerprint density at radius 2 is 2.04 bits per heavy atom. The van der Waals surface area contributed by atoms with Crippen LogP contribution in [0.3, 0.4) is 0 Å². The Morgan fingerprint density at radius 3 is 2.79 bits per heavy atom. The van der Waals surface area contributed by atoms with Gasteiger partial charge < -0.3 is 0 Å². The first-order chi connectivity index (χ1) is 11.4. The van der Waals surface area contributed by atoms with Crippen LogP contribution in [0.25, 0.3) is 10.2 Å². The molecular formula is C17H14F2N2OS2. The van der Waals surface area contributed by atoms with Crippen molar-refractivity contribution in [3.05, 3.63) is 53.6 Å². The molecule has 3 aromatic rings. The highest BCUT2D eigenvalue weighted by Crippen LogP contribution is 2.29. The molecule has 7 heteroatoms. The second-order valence-corrected chi connectivity index (χ2v) is 8.08. The van der Waals surface area contributed by atoms with Crippen molar-refractivity contribution in [3.63, 3.8) is 0 Å². The fraction of sp³-hybridized carbons (Fsp3) is 0.176. The monoisotopic (exact) mass is 364 g/mol. The number of carbonyl (C=O) groups excluding carboxylic acids is 1. The zero-order valence-electron chi connectivity index (χ0n) is 13.0. The Bertz CT molecular complexity index is 909. The summed E-state index contributed by atoms with van der Waals surface area (Å²) in [6, 6.07) is 9.23. The van der Waals surface area contributed by atoms with E-state index in [2.05, 4.69) is 24.1 Å². The largest absolute Gasteiger partial charge is 0.298 e. The van der Waals surface area contributed by atoms with Crippen molar-refractivity contribution in [2.24, 2.45) is 0 Å². The highest BCUT2D eigenvalue weighted by atomic mass is 32.2. The van der Waals surface area contributed by atoms with Crippen LogP contribution >= 0.6 is 23.1 Å². The smallest absolute Gasteiger partial charge is 0.257 e. The van der Waals surface area contributed by atoms with Gasteiger partial charge in [-0.1, -0.05) is 31.3 Å². The molecule has 1 aromatic heterocycles. The predicted molar refractivity (Wildman–Crippen MR) is 94.9 cm³/mol. The van der Waals surface area contributed by atoms with Gasteiger partial charge in [-0.15, -0.1) is 11.8 Å². The molecule has 24 heavy (non-hydrogen) atoms. The van der Waals surface area contributed by atoms with Crippen molar-refractivity contribution in [1.29, 1.82) is 0 Å². The number of anilines is 1. The van der Waals surface area contributed by atoms with Crippen molar-refractivity contribution >= 4 is 44.4 Å². The number of nitrogens with one attached hydrogen (secondary N) is 1. The highest BCUT2D eigenvalue weighted by molar-refractivity contribution is 7.99. The summed E-state index contributed by atoms with van der Waals surface area (Å²) >= 11 is 2.69. The molecule has 1 heterocycles. The number of rotatable bonds is 4. The van der Waals surface area contributed by atoms with Crippen molar-refractivity contribution in [2.45, 2.75) is 24.0 Å².